The van der Waals surface area contributed by atoms with Crippen LogP contribution in [0.25, 0.3) is 0 Å². The van der Waals surface area contributed by atoms with E-state index in [1.807, 2.05) is 0 Å². The fourth-order valence-electron chi connectivity index (χ4n) is 1.39. The summed E-state index contributed by atoms with van der Waals surface area (Å²) >= 11 is 3.34. The molecule has 0 N–H and O–H groups in total. The maximum atomic E-state index is 12.1. The summed E-state index contributed by atoms with van der Waals surface area (Å²) in [6, 6.07) is 5.16. The second-order valence-electron chi connectivity index (χ2n) is 3.31. The van der Waals surface area contributed by atoms with Crippen LogP contribution in [0.5, 0.6) is 5.75 Å². The molecule has 1 aromatic carbocycles. The van der Waals surface area contributed by atoms with Crippen LogP contribution < -0.4 is 4.74 Å². The molecule has 86 valence electrons. The van der Waals surface area contributed by atoms with Crippen molar-refractivity contribution in [2.45, 2.75) is 0 Å². The Morgan fingerprint density at radius 2 is 1.94 bits per heavy atom. The van der Waals surface area contributed by atoms with Gasteiger partial charge in [0.2, 0.25) is 0 Å². The van der Waals surface area contributed by atoms with E-state index in [1.54, 1.807) is 25.3 Å². The van der Waals surface area contributed by atoms with Gasteiger partial charge in [-0.2, -0.15) is 0 Å². The van der Waals surface area contributed by atoms with E-state index in [0.717, 1.165) is 4.47 Å². The van der Waals surface area contributed by atoms with Gasteiger partial charge >= 0.3 is 0 Å². The number of hydrogen-bond acceptors (Lipinski definition) is 4. The number of ketones is 1. The van der Waals surface area contributed by atoms with E-state index in [2.05, 4.69) is 25.9 Å². The largest absolute Gasteiger partial charge is 0.496 e. The SMILES string of the molecule is COc1ccc(C(=O)c2cncnc2)cc1Br. The topological polar surface area (TPSA) is 52.1 Å². The molecule has 2 aromatic rings. The highest BCUT2D eigenvalue weighted by Gasteiger charge is 2.11. The first-order valence-corrected chi connectivity index (χ1v) is 5.65. The number of nitrogens with zero attached hydrogens (tertiary/aromatic N) is 2. The van der Waals surface area contributed by atoms with Gasteiger partial charge in [-0.1, -0.05) is 0 Å². The number of halogens is 1. The van der Waals surface area contributed by atoms with Crippen molar-refractivity contribution in [1.82, 2.24) is 9.97 Å². The molecule has 0 aliphatic carbocycles. The molecule has 0 spiro atoms. The molecule has 0 saturated carbocycles. The van der Waals surface area contributed by atoms with Gasteiger partial charge in [-0.3, -0.25) is 4.79 Å². The van der Waals surface area contributed by atoms with Gasteiger partial charge in [0.1, 0.15) is 12.1 Å². The van der Waals surface area contributed by atoms with Crippen molar-refractivity contribution in [2.75, 3.05) is 7.11 Å². The minimum atomic E-state index is -0.117. The monoisotopic (exact) mass is 292 g/mol. The quantitative estimate of drug-likeness (QED) is 0.816. The summed E-state index contributed by atoms with van der Waals surface area (Å²) in [6.45, 7) is 0. The fourth-order valence-corrected chi connectivity index (χ4v) is 1.93. The summed E-state index contributed by atoms with van der Waals surface area (Å²) in [7, 11) is 1.58. The first-order valence-electron chi connectivity index (χ1n) is 4.85. The smallest absolute Gasteiger partial charge is 0.196 e. The standard InChI is InChI=1S/C12H9BrN2O2/c1-17-11-3-2-8(4-10(11)13)12(16)9-5-14-7-15-6-9/h2-7H,1H3. The molecule has 17 heavy (non-hydrogen) atoms. The molecule has 0 aliphatic heterocycles. The number of carbonyl (C=O) groups is 1. The molecule has 0 bridgehead atoms. The lowest BCUT2D eigenvalue weighted by molar-refractivity contribution is 0.103. The Morgan fingerprint density at radius 1 is 1.24 bits per heavy atom. The highest BCUT2D eigenvalue weighted by molar-refractivity contribution is 9.10. The van der Waals surface area contributed by atoms with Crippen LogP contribution in [0, 0.1) is 0 Å². The number of benzene rings is 1. The van der Waals surface area contributed by atoms with Crippen molar-refractivity contribution < 1.29 is 9.53 Å². The molecule has 1 aromatic heterocycles. The number of methoxy groups -OCH3 is 1. The molecule has 1 heterocycles. The van der Waals surface area contributed by atoms with Crippen LogP contribution >= 0.6 is 15.9 Å². The number of carbonyl (C=O) groups excluding carboxylic acids is 1. The second kappa shape index (κ2) is 5.05. The van der Waals surface area contributed by atoms with Gasteiger partial charge in [-0.15, -0.1) is 0 Å². The number of rotatable bonds is 3. The summed E-state index contributed by atoms with van der Waals surface area (Å²) in [5.41, 5.74) is 1.03. The van der Waals surface area contributed by atoms with Crippen LogP contribution in [0.1, 0.15) is 15.9 Å². The molecule has 0 radical (unpaired) electrons. The van der Waals surface area contributed by atoms with Gasteiger partial charge in [0, 0.05) is 18.0 Å². The van der Waals surface area contributed by atoms with Gasteiger partial charge < -0.3 is 4.74 Å². The lowest BCUT2D eigenvalue weighted by Gasteiger charge is -2.05. The molecule has 0 saturated heterocycles. The summed E-state index contributed by atoms with van der Waals surface area (Å²) in [5.74, 6) is 0.569. The van der Waals surface area contributed by atoms with Crippen LogP contribution in [0.2, 0.25) is 0 Å². The van der Waals surface area contributed by atoms with Gasteiger partial charge in [0.05, 0.1) is 17.1 Å². The molecule has 2 rings (SSSR count). The molecule has 4 nitrogen and oxygen atoms in total. The third-order valence-electron chi connectivity index (χ3n) is 2.24. The Hall–Kier alpha value is -1.75. The predicted molar refractivity (Wildman–Crippen MR) is 66.2 cm³/mol. The second-order valence-corrected chi connectivity index (χ2v) is 4.16. The average Bonchev–Trinajstić information content (AvgIpc) is 2.39. The molecule has 0 atom stereocenters. The lowest BCUT2D eigenvalue weighted by Crippen LogP contribution is -2.02. The number of aromatic nitrogens is 2. The Balaban J connectivity index is 2.35. The molecule has 0 aliphatic rings. The van der Waals surface area contributed by atoms with Gasteiger partial charge in [-0.25, -0.2) is 9.97 Å². The molecule has 0 unspecified atom stereocenters. The van der Waals surface area contributed by atoms with E-state index in [1.165, 1.54) is 18.7 Å². The van der Waals surface area contributed by atoms with E-state index in [9.17, 15) is 4.79 Å². The molecule has 0 amide bonds. The van der Waals surface area contributed by atoms with Gasteiger partial charge in [0.25, 0.3) is 0 Å². The molecule has 0 fully saturated rings. The van der Waals surface area contributed by atoms with Crippen molar-refractivity contribution in [3.8, 4) is 5.75 Å². The van der Waals surface area contributed by atoms with Crippen molar-refractivity contribution in [3.05, 3.63) is 52.5 Å². The Kier molecular flexibility index (Phi) is 3.49. The molecule has 5 heteroatoms. The lowest BCUT2D eigenvalue weighted by atomic mass is 10.1. The normalized spacial score (nSPS) is 10.0. The Labute approximate surface area is 107 Å². The van der Waals surface area contributed by atoms with E-state index in [4.69, 9.17) is 4.74 Å². The third-order valence-corrected chi connectivity index (χ3v) is 2.86. The zero-order valence-electron chi connectivity index (χ0n) is 9.05. The maximum absolute atomic E-state index is 12.1. The summed E-state index contributed by atoms with van der Waals surface area (Å²) in [5, 5.41) is 0. The summed E-state index contributed by atoms with van der Waals surface area (Å²) < 4.78 is 5.84. The minimum Gasteiger partial charge on any atom is -0.496 e. The van der Waals surface area contributed by atoms with Crippen molar-refractivity contribution >= 4 is 21.7 Å². The Bertz CT molecular complexity index is 543. The summed E-state index contributed by atoms with van der Waals surface area (Å²) in [6.07, 6.45) is 4.38. The maximum Gasteiger partial charge on any atom is 0.196 e. The highest BCUT2D eigenvalue weighted by Crippen LogP contribution is 2.26. The molecular formula is C12H9BrN2O2. The van der Waals surface area contributed by atoms with Gasteiger partial charge in [-0.05, 0) is 34.1 Å². The van der Waals surface area contributed by atoms with Gasteiger partial charge in [0.15, 0.2) is 5.78 Å². The average molecular weight is 293 g/mol. The number of hydrogen-bond donors (Lipinski definition) is 0. The predicted octanol–water partition coefficient (Wildman–Crippen LogP) is 2.48. The van der Waals surface area contributed by atoms with E-state index < -0.39 is 0 Å². The number of ether oxygens (including phenoxy) is 1. The first-order chi connectivity index (χ1) is 8.22. The van der Waals surface area contributed by atoms with Crippen LogP contribution in [0.4, 0.5) is 0 Å². The molecular weight excluding hydrogens is 284 g/mol. The Morgan fingerprint density at radius 3 is 2.53 bits per heavy atom. The first kappa shape index (κ1) is 11.7. The zero-order chi connectivity index (χ0) is 12.3. The summed E-state index contributed by atoms with van der Waals surface area (Å²) in [4.78, 5) is 19.7. The van der Waals surface area contributed by atoms with Crippen LogP contribution in [-0.4, -0.2) is 22.9 Å². The van der Waals surface area contributed by atoms with Crippen molar-refractivity contribution in [1.29, 1.82) is 0 Å². The third kappa shape index (κ3) is 2.50. The van der Waals surface area contributed by atoms with E-state index in [0.29, 0.717) is 16.9 Å². The van der Waals surface area contributed by atoms with E-state index in [-0.39, 0.29) is 5.78 Å². The van der Waals surface area contributed by atoms with Crippen LogP contribution in [-0.2, 0) is 0 Å². The van der Waals surface area contributed by atoms with E-state index >= 15 is 0 Å². The zero-order valence-corrected chi connectivity index (χ0v) is 10.6. The fraction of sp³-hybridized carbons (Fsp3) is 0.0833. The van der Waals surface area contributed by atoms with Crippen LogP contribution in [0.15, 0.2) is 41.4 Å². The van der Waals surface area contributed by atoms with Crippen LogP contribution in [0.3, 0.4) is 0 Å². The highest BCUT2D eigenvalue weighted by atomic mass is 79.9. The minimum absolute atomic E-state index is 0.117. The van der Waals surface area contributed by atoms with Crippen molar-refractivity contribution in [3.63, 3.8) is 0 Å². The van der Waals surface area contributed by atoms with Crippen molar-refractivity contribution in [2.24, 2.45) is 0 Å².